The van der Waals surface area contributed by atoms with Crippen LogP contribution in [0.3, 0.4) is 0 Å². The summed E-state index contributed by atoms with van der Waals surface area (Å²) in [5.74, 6) is 1.83. The van der Waals surface area contributed by atoms with Gasteiger partial charge < -0.3 is 5.73 Å². The Hall–Kier alpha value is -0.0800. The van der Waals surface area contributed by atoms with Gasteiger partial charge in [0.05, 0.1) is 0 Å². The van der Waals surface area contributed by atoms with Crippen molar-refractivity contribution in [2.45, 2.75) is 57.9 Å². The van der Waals surface area contributed by atoms with E-state index in [4.69, 9.17) is 5.73 Å². The Morgan fingerprint density at radius 3 is 2.75 bits per heavy atom. The van der Waals surface area contributed by atoms with Crippen LogP contribution in [0.5, 0.6) is 0 Å². The molecule has 1 heterocycles. The molecular formula is C14H28N2. The summed E-state index contributed by atoms with van der Waals surface area (Å²) >= 11 is 0. The van der Waals surface area contributed by atoms with Crippen molar-refractivity contribution in [2.24, 2.45) is 17.6 Å². The first-order valence-corrected chi connectivity index (χ1v) is 7.15. The van der Waals surface area contributed by atoms with Crippen molar-refractivity contribution in [3.8, 4) is 0 Å². The molecule has 16 heavy (non-hydrogen) atoms. The molecule has 0 radical (unpaired) electrons. The molecule has 2 N–H and O–H groups in total. The quantitative estimate of drug-likeness (QED) is 0.795. The highest BCUT2D eigenvalue weighted by molar-refractivity contribution is 5.00. The van der Waals surface area contributed by atoms with Gasteiger partial charge in [0.1, 0.15) is 0 Å². The molecular weight excluding hydrogens is 196 g/mol. The van der Waals surface area contributed by atoms with E-state index in [1.54, 1.807) is 0 Å². The average Bonchev–Trinajstić information content (AvgIpc) is 2.86. The van der Waals surface area contributed by atoms with E-state index in [1.807, 2.05) is 0 Å². The number of nitrogens with zero attached hydrogens (tertiary/aromatic N) is 1. The molecule has 2 fully saturated rings. The summed E-state index contributed by atoms with van der Waals surface area (Å²) in [5, 5.41) is 0. The van der Waals surface area contributed by atoms with Crippen molar-refractivity contribution in [3.63, 3.8) is 0 Å². The first-order chi connectivity index (χ1) is 7.70. The third kappa shape index (κ3) is 2.28. The molecule has 94 valence electrons. The third-order valence-electron chi connectivity index (χ3n) is 4.86. The Kier molecular flexibility index (Phi) is 3.91. The lowest BCUT2D eigenvalue weighted by molar-refractivity contribution is 0.120. The van der Waals surface area contributed by atoms with E-state index < -0.39 is 0 Å². The first kappa shape index (κ1) is 12.4. The van der Waals surface area contributed by atoms with E-state index >= 15 is 0 Å². The summed E-state index contributed by atoms with van der Waals surface area (Å²) in [4.78, 5) is 2.73. The lowest BCUT2D eigenvalue weighted by atomic mass is 9.94. The fourth-order valence-electron chi connectivity index (χ4n) is 3.88. The lowest BCUT2D eigenvalue weighted by Crippen LogP contribution is -2.51. The van der Waals surface area contributed by atoms with Gasteiger partial charge >= 0.3 is 0 Å². The number of hydrogen-bond acceptors (Lipinski definition) is 2. The fourth-order valence-corrected chi connectivity index (χ4v) is 3.88. The summed E-state index contributed by atoms with van der Waals surface area (Å²) in [7, 11) is 0. The van der Waals surface area contributed by atoms with Crippen LogP contribution in [-0.2, 0) is 0 Å². The monoisotopic (exact) mass is 224 g/mol. The smallest absolute Gasteiger partial charge is 0.0334 e. The molecule has 0 aromatic carbocycles. The van der Waals surface area contributed by atoms with Crippen LogP contribution in [-0.4, -0.2) is 30.1 Å². The van der Waals surface area contributed by atoms with Crippen LogP contribution in [0.1, 0.15) is 52.4 Å². The number of nitrogens with two attached hydrogens (primary N) is 1. The van der Waals surface area contributed by atoms with Gasteiger partial charge in [-0.25, -0.2) is 0 Å². The second-order valence-electron chi connectivity index (χ2n) is 6.17. The zero-order valence-electron chi connectivity index (χ0n) is 11.0. The molecule has 2 aliphatic rings. The van der Waals surface area contributed by atoms with E-state index in [0.29, 0.717) is 5.54 Å². The van der Waals surface area contributed by atoms with Gasteiger partial charge in [0.2, 0.25) is 0 Å². The highest BCUT2D eigenvalue weighted by Gasteiger charge is 2.43. The lowest BCUT2D eigenvalue weighted by Gasteiger charge is -2.38. The van der Waals surface area contributed by atoms with Gasteiger partial charge in [0.25, 0.3) is 0 Å². The van der Waals surface area contributed by atoms with Gasteiger partial charge in [-0.15, -0.1) is 0 Å². The van der Waals surface area contributed by atoms with Crippen LogP contribution in [0.15, 0.2) is 0 Å². The van der Waals surface area contributed by atoms with Crippen LogP contribution < -0.4 is 5.73 Å². The molecule has 2 rings (SSSR count). The molecule has 0 spiro atoms. The third-order valence-corrected chi connectivity index (χ3v) is 4.86. The maximum Gasteiger partial charge on any atom is 0.0334 e. The topological polar surface area (TPSA) is 29.3 Å². The van der Waals surface area contributed by atoms with Gasteiger partial charge in [0, 0.05) is 18.6 Å². The first-order valence-electron chi connectivity index (χ1n) is 7.15. The molecule has 2 heteroatoms. The fraction of sp³-hybridized carbons (Fsp3) is 1.00. The zero-order chi connectivity index (χ0) is 11.6. The van der Waals surface area contributed by atoms with Crippen molar-refractivity contribution >= 4 is 0 Å². The predicted octanol–water partition coefficient (Wildman–Crippen LogP) is 2.63. The molecule has 2 nitrogen and oxygen atoms in total. The number of hydrogen-bond donors (Lipinski definition) is 1. The van der Waals surface area contributed by atoms with Crippen LogP contribution in [0.2, 0.25) is 0 Å². The van der Waals surface area contributed by atoms with E-state index in [-0.39, 0.29) is 0 Å². The summed E-state index contributed by atoms with van der Waals surface area (Å²) < 4.78 is 0. The minimum absolute atomic E-state index is 0.377. The normalized spacial score (nSPS) is 40.7. The second-order valence-corrected chi connectivity index (χ2v) is 6.17. The highest BCUT2D eigenvalue weighted by Crippen LogP contribution is 2.41. The Bertz CT molecular complexity index is 229. The Morgan fingerprint density at radius 2 is 2.19 bits per heavy atom. The maximum atomic E-state index is 6.09. The van der Waals surface area contributed by atoms with Crippen molar-refractivity contribution in [1.82, 2.24) is 4.90 Å². The largest absolute Gasteiger partial charge is 0.329 e. The summed E-state index contributed by atoms with van der Waals surface area (Å²) in [6.45, 7) is 8.18. The van der Waals surface area contributed by atoms with Crippen molar-refractivity contribution in [2.75, 3.05) is 19.6 Å². The van der Waals surface area contributed by atoms with E-state index in [0.717, 1.165) is 18.4 Å². The Balaban J connectivity index is 1.96. The molecule has 3 unspecified atom stereocenters. The SMILES string of the molecule is CCCC1CCN(C2(CN)CCC(C)C2)C1. The molecule has 0 aromatic heterocycles. The van der Waals surface area contributed by atoms with Gasteiger partial charge in [-0.05, 0) is 50.5 Å². The van der Waals surface area contributed by atoms with E-state index in [9.17, 15) is 0 Å². The van der Waals surface area contributed by atoms with E-state index in [2.05, 4.69) is 18.7 Å². The molecule has 1 saturated carbocycles. The van der Waals surface area contributed by atoms with Crippen molar-refractivity contribution in [3.05, 3.63) is 0 Å². The van der Waals surface area contributed by atoms with Crippen LogP contribution in [0.4, 0.5) is 0 Å². The summed E-state index contributed by atoms with van der Waals surface area (Å²) in [6, 6.07) is 0. The van der Waals surface area contributed by atoms with Gasteiger partial charge in [0.15, 0.2) is 0 Å². The van der Waals surface area contributed by atoms with E-state index in [1.165, 1.54) is 51.6 Å². The van der Waals surface area contributed by atoms with Gasteiger partial charge in [-0.3, -0.25) is 4.90 Å². The van der Waals surface area contributed by atoms with Gasteiger partial charge in [-0.2, -0.15) is 0 Å². The Morgan fingerprint density at radius 1 is 1.38 bits per heavy atom. The van der Waals surface area contributed by atoms with Crippen molar-refractivity contribution in [1.29, 1.82) is 0 Å². The zero-order valence-corrected chi connectivity index (χ0v) is 11.0. The van der Waals surface area contributed by atoms with Crippen LogP contribution in [0, 0.1) is 11.8 Å². The molecule has 0 amide bonds. The second kappa shape index (κ2) is 5.05. The summed E-state index contributed by atoms with van der Waals surface area (Å²) in [5.41, 5.74) is 6.47. The molecule has 1 aliphatic carbocycles. The highest BCUT2D eigenvalue weighted by atomic mass is 15.2. The summed E-state index contributed by atoms with van der Waals surface area (Å²) in [6.07, 6.45) is 8.21. The standard InChI is InChI=1S/C14H28N2/c1-3-4-13-6-8-16(10-13)14(11-15)7-5-12(2)9-14/h12-13H,3-11,15H2,1-2H3. The molecule has 0 aromatic rings. The minimum Gasteiger partial charge on any atom is -0.329 e. The molecule has 0 bridgehead atoms. The molecule has 1 saturated heterocycles. The predicted molar refractivity (Wildman–Crippen MR) is 69.4 cm³/mol. The van der Waals surface area contributed by atoms with Gasteiger partial charge in [-0.1, -0.05) is 20.3 Å². The molecule has 1 aliphatic heterocycles. The average molecular weight is 224 g/mol. The maximum absolute atomic E-state index is 6.09. The van der Waals surface area contributed by atoms with Crippen LogP contribution >= 0.6 is 0 Å². The van der Waals surface area contributed by atoms with Crippen LogP contribution in [0.25, 0.3) is 0 Å². The van der Waals surface area contributed by atoms with Crippen molar-refractivity contribution < 1.29 is 0 Å². The minimum atomic E-state index is 0.377. The molecule has 3 atom stereocenters. The Labute approximate surface area is 101 Å². The number of rotatable bonds is 4. The number of likely N-dealkylation sites (tertiary alicyclic amines) is 1.